The van der Waals surface area contributed by atoms with Gasteiger partial charge in [-0.2, -0.15) is 0 Å². The molecule has 0 radical (unpaired) electrons. The number of hydrogen-bond acceptors (Lipinski definition) is 3. The van der Waals surface area contributed by atoms with Crippen molar-refractivity contribution in [2.24, 2.45) is 0 Å². The van der Waals surface area contributed by atoms with Crippen molar-refractivity contribution in [1.29, 1.82) is 0 Å². The Morgan fingerprint density at radius 1 is 1.56 bits per heavy atom. The van der Waals surface area contributed by atoms with Crippen LogP contribution in [0.2, 0.25) is 5.02 Å². The van der Waals surface area contributed by atoms with Crippen molar-refractivity contribution in [2.45, 2.75) is 26.2 Å². The summed E-state index contributed by atoms with van der Waals surface area (Å²) in [5, 5.41) is 9.97. The van der Waals surface area contributed by atoms with E-state index in [1.54, 1.807) is 6.07 Å². The maximum absolute atomic E-state index is 11.4. The van der Waals surface area contributed by atoms with Crippen LogP contribution in [0.15, 0.2) is 12.1 Å². The Morgan fingerprint density at radius 2 is 2.19 bits per heavy atom. The molecule has 16 heavy (non-hydrogen) atoms. The van der Waals surface area contributed by atoms with E-state index in [0.29, 0.717) is 11.1 Å². The van der Waals surface area contributed by atoms with E-state index >= 15 is 0 Å². The second-order valence-electron chi connectivity index (χ2n) is 3.70. The van der Waals surface area contributed by atoms with Gasteiger partial charge in [0.2, 0.25) is 0 Å². The molecule has 1 atom stereocenters. The number of phenols is 1. The highest BCUT2D eigenvalue weighted by Crippen LogP contribution is 2.35. The molecule has 0 aliphatic rings. The quantitative estimate of drug-likeness (QED) is 0.827. The minimum Gasteiger partial charge on any atom is -0.506 e. The van der Waals surface area contributed by atoms with E-state index in [4.69, 9.17) is 11.6 Å². The number of methoxy groups -OCH3 is 1. The lowest BCUT2D eigenvalue weighted by molar-refractivity contribution is 0.0600. The Balaban J connectivity index is 3.27. The average molecular weight is 243 g/mol. The van der Waals surface area contributed by atoms with Gasteiger partial charge in [0, 0.05) is 0 Å². The Morgan fingerprint density at radius 3 is 2.69 bits per heavy atom. The summed E-state index contributed by atoms with van der Waals surface area (Å²) in [5.74, 6) is -0.266. The minimum atomic E-state index is -0.452. The standard InChI is InChI=1S/C12H15ClO3/c1-4-7(2)9-5-8(12(15)16-3)6-10(13)11(9)14/h5-7,14H,4H2,1-3H3. The van der Waals surface area contributed by atoms with E-state index in [-0.39, 0.29) is 16.7 Å². The van der Waals surface area contributed by atoms with E-state index in [1.807, 2.05) is 13.8 Å². The highest BCUT2D eigenvalue weighted by atomic mass is 35.5. The predicted molar refractivity (Wildman–Crippen MR) is 63.2 cm³/mol. The molecule has 1 aromatic rings. The van der Waals surface area contributed by atoms with Gasteiger partial charge >= 0.3 is 5.97 Å². The zero-order valence-corrected chi connectivity index (χ0v) is 10.3. The molecule has 0 aliphatic heterocycles. The third-order valence-electron chi connectivity index (χ3n) is 2.66. The van der Waals surface area contributed by atoms with Crippen LogP contribution in [0.25, 0.3) is 0 Å². The Kier molecular flexibility index (Phi) is 4.19. The highest BCUT2D eigenvalue weighted by molar-refractivity contribution is 6.32. The molecule has 4 heteroatoms. The second kappa shape index (κ2) is 5.21. The molecule has 0 aromatic heterocycles. The lowest BCUT2D eigenvalue weighted by Gasteiger charge is -2.13. The molecule has 0 saturated heterocycles. The summed E-state index contributed by atoms with van der Waals surface area (Å²) < 4.78 is 4.62. The number of ether oxygens (including phenoxy) is 1. The van der Waals surface area contributed by atoms with Crippen LogP contribution in [0, 0.1) is 0 Å². The molecule has 1 aromatic carbocycles. The van der Waals surface area contributed by atoms with Crippen LogP contribution in [0.4, 0.5) is 0 Å². The third kappa shape index (κ3) is 2.47. The SMILES string of the molecule is CCC(C)c1cc(C(=O)OC)cc(Cl)c1O. The first-order chi connectivity index (χ1) is 7.51. The lowest BCUT2D eigenvalue weighted by Crippen LogP contribution is -2.03. The van der Waals surface area contributed by atoms with Crippen molar-refractivity contribution in [3.8, 4) is 5.75 Å². The van der Waals surface area contributed by atoms with Gasteiger partial charge in [-0.3, -0.25) is 0 Å². The van der Waals surface area contributed by atoms with Crippen LogP contribution in [0.3, 0.4) is 0 Å². The molecule has 0 fully saturated rings. The largest absolute Gasteiger partial charge is 0.506 e. The van der Waals surface area contributed by atoms with Gasteiger partial charge in [-0.15, -0.1) is 0 Å². The molecule has 1 N–H and O–H groups in total. The number of aromatic hydroxyl groups is 1. The lowest BCUT2D eigenvalue weighted by atomic mass is 9.96. The Labute approximate surface area is 100.0 Å². The molecule has 0 bridgehead atoms. The number of benzene rings is 1. The van der Waals surface area contributed by atoms with Crippen molar-refractivity contribution in [1.82, 2.24) is 0 Å². The van der Waals surface area contributed by atoms with E-state index < -0.39 is 5.97 Å². The van der Waals surface area contributed by atoms with Crippen molar-refractivity contribution < 1.29 is 14.6 Å². The summed E-state index contributed by atoms with van der Waals surface area (Å²) in [6, 6.07) is 3.04. The van der Waals surface area contributed by atoms with Crippen molar-refractivity contribution in [3.05, 3.63) is 28.3 Å². The van der Waals surface area contributed by atoms with E-state index in [0.717, 1.165) is 6.42 Å². The monoisotopic (exact) mass is 242 g/mol. The van der Waals surface area contributed by atoms with E-state index in [1.165, 1.54) is 13.2 Å². The second-order valence-corrected chi connectivity index (χ2v) is 4.10. The van der Waals surface area contributed by atoms with Crippen molar-refractivity contribution in [3.63, 3.8) is 0 Å². The number of hydrogen-bond donors (Lipinski definition) is 1. The Bertz CT molecular complexity index is 401. The molecule has 1 rings (SSSR count). The summed E-state index contributed by atoms with van der Waals surface area (Å²) in [6.07, 6.45) is 0.856. The number of esters is 1. The smallest absolute Gasteiger partial charge is 0.337 e. The first-order valence-corrected chi connectivity index (χ1v) is 5.49. The topological polar surface area (TPSA) is 46.5 Å². The fourth-order valence-corrected chi connectivity index (χ4v) is 1.68. The summed E-state index contributed by atoms with van der Waals surface area (Å²) in [7, 11) is 1.31. The molecular weight excluding hydrogens is 228 g/mol. The van der Waals surface area contributed by atoms with Gasteiger partial charge in [0.25, 0.3) is 0 Å². The Hall–Kier alpha value is -1.22. The van der Waals surface area contributed by atoms with Crippen LogP contribution >= 0.6 is 11.6 Å². The minimum absolute atomic E-state index is 0.0451. The zero-order chi connectivity index (χ0) is 12.3. The molecule has 1 unspecified atom stereocenters. The fourth-order valence-electron chi connectivity index (χ4n) is 1.45. The van der Waals surface area contributed by atoms with Gasteiger partial charge in [-0.25, -0.2) is 4.79 Å². The third-order valence-corrected chi connectivity index (χ3v) is 2.95. The number of phenolic OH excluding ortho intramolecular Hbond substituents is 1. The predicted octanol–water partition coefficient (Wildman–Crippen LogP) is 3.35. The molecule has 0 saturated carbocycles. The molecule has 0 amide bonds. The van der Waals surface area contributed by atoms with Crippen LogP contribution in [-0.2, 0) is 4.74 Å². The van der Waals surface area contributed by atoms with Crippen molar-refractivity contribution in [2.75, 3.05) is 7.11 Å². The van der Waals surface area contributed by atoms with Gasteiger partial charge in [0.15, 0.2) is 0 Å². The van der Waals surface area contributed by atoms with Gasteiger partial charge in [0.05, 0.1) is 17.7 Å². The van der Waals surface area contributed by atoms with Gasteiger partial charge < -0.3 is 9.84 Å². The molecule has 3 nitrogen and oxygen atoms in total. The molecule has 0 heterocycles. The van der Waals surface area contributed by atoms with Gasteiger partial charge in [0.1, 0.15) is 5.75 Å². The van der Waals surface area contributed by atoms with Crippen molar-refractivity contribution >= 4 is 17.6 Å². The van der Waals surface area contributed by atoms with Crippen LogP contribution in [0.1, 0.15) is 42.1 Å². The summed E-state index contributed by atoms with van der Waals surface area (Å²) in [4.78, 5) is 11.4. The zero-order valence-electron chi connectivity index (χ0n) is 9.58. The van der Waals surface area contributed by atoms with Crippen LogP contribution < -0.4 is 0 Å². The summed E-state index contributed by atoms with van der Waals surface area (Å²) >= 11 is 5.86. The highest BCUT2D eigenvalue weighted by Gasteiger charge is 2.16. The van der Waals surface area contributed by atoms with E-state index in [2.05, 4.69) is 4.74 Å². The maximum atomic E-state index is 11.4. The normalized spacial score (nSPS) is 12.2. The first-order valence-electron chi connectivity index (χ1n) is 5.12. The van der Waals surface area contributed by atoms with Crippen LogP contribution in [0.5, 0.6) is 5.75 Å². The summed E-state index contributed by atoms with van der Waals surface area (Å²) in [6.45, 7) is 3.97. The number of carbonyl (C=O) groups is 1. The van der Waals surface area contributed by atoms with E-state index in [9.17, 15) is 9.90 Å². The van der Waals surface area contributed by atoms with Gasteiger partial charge in [-0.1, -0.05) is 25.4 Å². The molecule has 0 aliphatic carbocycles. The number of rotatable bonds is 3. The molecule has 88 valence electrons. The molecule has 0 spiro atoms. The summed E-state index contributed by atoms with van der Waals surface area (Å²) in [5.41, 5.74) is 1.04. The van der Waals surface area contributed by atoms with Crippen LogP contribution in [-0.4, -0.2) is 18.2 Å². The van der Waals surface area contributed by atoms with Gasteiger partial charge in [-0.05, 0) is 30.0 Å². The maximum Gasteiger partial charge on any atom is 0.337 e. The number of carbonyl (C=O) groups excluding carboxylic acids is 1. The first kappa shape index (κ1) is 12.8. The fraction of sp³-hybridized carbons (Fsp3) is 0.417. The molecular formula is C12H15ClO3. The number of halogens is 1. The average Bonchev–Trinajstić information content (AvgIpc) is 2.30.